The highest BCUT2D eigenvalue weighted by Gasteiger charge is 2.43. The lowest BCUT2D eigenvalue weighted by atomic mass is 9.93. The zero-order valence-electron chi connectivity index (χ0n) is 14.7. The number of hydrogen-bond donors (Lipinski definition) is 1. The van der Waals surface area contributed by atoms with Crippen molar-refractivity contribution in [3.05, 3.63) is 41.7 Å². The first-order valence-electron chi connectivity index (χ1n) is 8.66. The van der Waals surface area contributed by atoms with Crippen LogP contribution in [0.1, 0.15) is 56.7 Å². The highest BCUT2D eigenvalue weighted by atomic mass is 16.2. The number of hydrogen-bond acceptors (Lipinski definition) is 5. The van der Waals surface area contributed by atoms with Crippen LogP contribution in [0.2, 0.25) is 0 Å². The van der Waals surface area contributed by atoms with E-state index in [1.54, 1.807) is 18.5 Å². The molecule has 1 fully saturated rings. The molecule has 2 atom stereocenters. The lowest BCUT2D eigenvalue weighted by Gasteiger charge is -2.36. The van der Waals surface area contributed by atoms with E-state index in [2.05, 4.69) is 41.3 Å². The van der Waals surface area contributed by atoms with Crippen molar-refractivity contribution in [3.63, 3.8) is 0 Å². The molecule has 4 heterocycles. The van der Waals surface area contributed by atoms with Gasteiger partial charge in [-0.25, -0.2) is 14.8 Å². The fourth-order valence-electron chi connectivity index (χ4n) is 3.70. The molecule has 0 saturated carbocycles. The van der Waals surface area contributed by atoms with Crippen LogP contribution in [-0.4, -0.2) is 37.1 Å². The maximum Gasteiger partial charge on any atom is 0.322 e. The van der Waals surface area contributed by atoms with Gasteiger partial charge in [-0.05, 0) is 18.9 Å². The van der Waals surface area contributed by atoms with Crippen LogP contribution in [0.5, 0.6) is 0 Å². The predicted octanol–water partition coefficient (Wildman–Crippen LogP) is 2.86. The maximum atomic E-state index is 12.8. The summed E-state index contributed by atoms with van der Waals surface area (Å²) in [5.74, 6) is 0.867. The molecule has 2 aliphatic rings. The molecule has 4 rings (SSSR count). The summed E-state index contributed by atoms with van der Waals surface area (Å²) in [6.07, 6.45) is 7.78. The van der Waals surface area contributed by atoms with Crippen LogP contribution in [-0.2, 0) is 11.8 Å². The van der Waals surface area contributed by atoms with Crippen LogP contribution in [0.4, 0.5) is 10.5 Å². The Balaban J connectivity index is 1.61. The Bertz CT molecular complexity index is 801. The second-order valence-corrected chi connectivity index (χ2v) is 7.77. The third-order valence-corrected chi connectivity index (χ3v) is 4.93. The number of anilines is 1. The normalized spacial score (nSPS) is 21.8. The summed E-state index contributed by atoms with van der Waals surface area (Å²) in [6, 6.07) is 1.89. The fraction of sp³-hybridized carbons (Fsp3) is 0.500. The zero-order chi connectivity index (χ0) is 17.6. The van der Waals surface area contributed by atoms with Gasteiger partial charge in [-0.15, -0.1) is 0 Å². The molecule has 2 aromatic rings. The van der Waals surface area contributed by atoms with Gasteiger partial charge in [0.2, 0.25) is 0 Å². The van der Waals surface area contributed by atoms with Crippen molar-refractivity contribution in [1.29, 1.82) is 0 Å². The van der Waals surface area contributed by atoms with Crippen molar-refractivity contribution < 1.29 is 4.79 Å². The van der Waals surface area contributed by atoms with Gasteiger partial charge in [0, 0.05) is 29.6 Å². The highest BCUT2D eigenvalue weighted by molar-refractivity contribution is 5.90. The van der Waals surface area contributed by atoms with Gasteiger partial charge < -0.3 is 10.2 Å². The molecule has 7 heteroatoms. The van der Waals surface area contributed by atoms with Crippen molar-refractivity contribution in [3.8, 4) is 0 Å². The van der Waals surface area contributed by atoms with E-state index < -0.39 is 0 Å². The van der Waals surface area contributed by atoms with E-state index in [0.717, 1.165) is 36.3 Å². The zero-order valence-corrected chi connectivity index (χ0v) is 14.7. The van der Waals surface area contributed by atoms with Gasteiger partial charge in [-0.2, -0.15) is 10.2 Å². The molecule has 130 valence electrons. The monoisotopic (exact) mass is 338 g/mol. The Kier molecular flexibility index (Phi) is 3.67. The van der Waals surface area contributed by atoms with Crippen molar-refractivity contribution in [2.75, 3.05) is 5.32 Å². The van der Waals surface area contributed by atoms with Crippen LogP contribution >= 0.6 is 0 Å². The summed E-state index contributed by atoms with van der Waals surface area (Å²) in [4.78, 5) is 24.1. The number of amides is 2. The van der Waals surface area contributed by atoms with Gasteiger partial charge in [0.1, 0.15) is 5.82 Å². The quantitative estimate of drug-likeness (QED) is 0.864. The topological polar surface area (TPSA) is 83.9 Å². The number of carbonyl (C=O) groups excluding carboxylic acids is 1. The van der Waals surface area contributed by atoms with Gasteiger partial charge in [0.05, 0.1) is 29.8 Å². The van der Waals surface area contributed by atoms with E-state index in [4.69, 9.17) is 4.98 Å². The largest absolute Gasteiger partial charge is 0.322 e. The second kappa shape index (κ2) is 5.75. The van der Waals surface area contributed by atoms with Crippen LogP contribution in [0.15, 0.2) is 24.7 Å². The molecule has 0 aliphatic carbocycles. The molecule has 2 aromatic heterocycles. The van der Waals surface area contributed by atoms with Crippen molar-refractivity contribution in [2.24, 2.45) is 0 Å². The summed E-state index contributed by atoms with van der Waals surface area (Å²) in [6.45, 7) is 6.36. The summed E-state index contributed by atoms with van der Waals surface area (Å²) >= 11 is 0. The lowest BCUT2D eigenvalue weighted by molar-refractivity contribution is 0.178. The molecule has 1 N–H and O–H groups in total. The molecule has 7 nitrogen and oxygen atoms in total. The number of urea groups is 1. The van der Waals surface area contributed by atoms with Gasteiger partial charge in [-0.3, -0.25) is 0 Å². The van der Waals surface area contributed by atoms with E-state index in [0.29, 0.717) is 5.69 Å². The number of fused-ring (bicyclic) bond motifs is 4. The van der Waals surface area contributed by atoms with E-state index in [1.807, 2.05) is 11.1 Å². The maximum absolute atomic E-state index is 12.8. The molecule has 2 unspecified atom stereocenters. The van der Waals surface area contributed by atoms with Gasteiger partial charge in [-0.1, -0.05) is 20.8 Å². The van der Waals surface area contributed by atoms with Crippen molar-refractivity contribution in [1.82, 2.24) is 25.1 Å². The lowest BCUT2D eigenvalue weighted by Crippen LogP contribution is -2.44. The molecule has 2 aliphatic heterocycles. The summed E-state index contributed by atoms with van der Waals surface area (Å²) in [5.41, 5.74) is 2.77. The molecular formula is C18H22N6O. The Morgan fingerprint density at radius 1 is 1.24 bits per heavy atom. The third-order valence-electron chi connectivity index (χ3n) is 4.93. The highest BCUT2D eigenvalue weighted by Crippen LogP contribution is 2.43. The number of aromatic nitrogens is 4. The number of nitrogens with one attached hydrogen (secondary N) is 1. The van der Waals surface area contributed by atoms with Gasteiger partial charge in [0.15, 0.2) is 0 Å². The van der Waals surface area contributed by atoms with Crippen LogP contribution in [0.25, 0.3) is 0 Å². The van der Waals surface area contributed by atoms with E-state index >= 15 is 0 Å². The molecule has 2 bridgehead atoms. The molecular weight excluding hydrogens is 316 g/mol. The molecule has 1 saturated heterocycles. The number of rotatable bonds is 1. The average molecular weight is 338 g/mol. The molecule has 2 amide bonds. The smallest absolute Gasteiger partial charge is 0.314 e. The first kappa shape index (κ1) is 15.9. The molecule has 0 aromatic carbocycles. The van der Waals surface area contributed by atoms with E-state index in [-0.39, 0.29) is 23.5 Å². The third kappa shape index (κ3) is 2.83. The van der Waals surface area contributed by atoms with E-state index in [1.165, 1.54) is 0 Å². The first-order valence-corrected chi connectivity index (χ1v) is 8.66. The van der Waals surface area contributed by atoms with Crippen molar-refractivity contribution >= 4 is 11.7 Å². The minimum Gasteiger partial charge on any atom is -0.314 e. The minimum atomic E-state index is -0.0916. The summed E-state index contributed by atoms with van der Waals surface area (Å²) in [5, 5.41) is 10.5. The molecule has 0 spiro atoms. The van der Waals surface area contributed by atoms with Crippen LogP contribution in [0.3, 0.4) is 0 Å². The Morgan fingerprint density at radius 3 is 2.80 bits per heavy atom. The van der Waals surface area contributed by atoms with Gasteiger partial charge in [0.25, 0.3) is 0 Å². The number of nitrogens with zero attached hydrogens (tertiary/aromatic N) is 5. The molecule has 25 heavy (non-hydrogen) atoms. The first-order chi connectivity index (χ1) is 11.9. The molecule has 0 radical (unpaired) electrons. The number of carbonyl (C=O) groups is 1. The Hall–Kier alpha value is -2.57. The SMILES string of the molecule is CC(C)(C)c1ncc2c(n1)CC1CCC2N1C(=O)Nc1ccnnc1. The van der Waals surface area contributed by atoms with Gasteiger partial charge >= 0.3 is 6.03 Å². The Labute approximate surface area is 146 Å². The van der Waals surface area contributed by atoms with Crippen molar-refractivity contribution in [2.45, 2.75) is 57.5 Å². The average Bonchev–Trinajstić information content (AvgIpc) is 2.90. The second-order valence-electron chi connectivity index (χ2n) is 7.77. The van der Waals surface area contributed by atoms with E-state index in [9.17, 15) is 4.79 Å². The summed E-state index contributed by atoms with van der Waals surface area (Å²) < 4.78 is 0. The Morgan fingerprint density at radius 2 is 2.08 bits per heavy atom. The standard InChI is InChI=1S/C18H22N6O/c1-18(2,3)16-19-10-13-14(23-16)8-12-4-5-15(13)24(12)17(25)22-11-6-7-20-21-9-11/h6-7,9-10,12,15H,4-5,8H2,1-3H3,(H,20,22,25). The predicted molar refractivity (Wildman–Crippen MR) is 93.1 cm³/mol. The van der Waals surface area contributed by atoms with Crippen LogP contribution < -0.4 is 5.32 Å². The fourth-order valence-corrected chi connectivity index (χ4v) is 3.70. The van der Waals surface area contributed by atoms with Crippen LogP contribution in [0, 0.1) is 0 Å². The summed E-state index contributed by atoms with van der Waals surface area (Å²) in [7, 11) is 0. The minimum absolute atomic E-state index is 0.0533.